The lowest BCUT2D eigenvalue weighted by Crippen LogP contribution is -2.57. The Morgan fingerprint density at radius 2 is 1.83 bits per heavy atom. The molecule has 1 aliphatic heterocycles. The average molecular weight is 420 g/mol. The second-order valence-corrected chi connectivity index (χ2v) is 10.1. The number of nitrogens with one attached hydrogen (secondary N) is 1. The molecule has 0 aromatic heterocycles. The first kappa shape index (κ1) is 19.0. The van der Waals surface area contributed by atoms with E-state index in [1.807, 2.05) is 0 Å². The van der Waals surface area contributed by atoms with Crippen LogP contribution in [0, 0.1) is 17.3 Å². The van der Waals surface area contributed by atoms with Crippen LogP contribution in [0.25, 0.3) is 0 Å². The summed E-state index contributed by atoms with van der Waals surface area (Å²) in [6.45, 7) is 2.60. The van der Waals surface area contributed by atoms with Crippen molar-refractivity contribution in [3.63, 3.8) is 0 Å². The zero-order valence-corrected chi connectivity index (χ0v) is 17.3. The molecule has 5 aliphatic rings. The molecule has 2 unspecified atom stereocenters. The Morgan fingerprint density at radius 1 is 1.14 bits per heavy atom. The first-order chi connectivity index (χ1) is 13.8. The number of fused-ring (bicyclic) bond motifs is 1. The molecule has 1 heterocycles. The van der Waals surface area contributed by atoms with Gasteiger partial charge in [-0.1, -0.05) is 0 Å². The summed E-state index contributed by atoms with van der Waals surface area (Å²) in [5.74, 6) is 1.64. The van der Waals surface area contributed by atoms with E-state index in [9.17, 15) is 9.59 Å². The maximum atomic E-state index is 13.1. The summed E-state index contributed by atoms with van der Waals surface area (Å²) in [4.78, 5) is 25.5. The fourth-order valence-corrected chi connectivity index (χ4v) is 6.79. The highest BCUT2D eigenvalue weighted by Crippen LogP contribution is 2.64. The smallest absolute Gasteiger partial charge is 0.312 e. The number of benzene rings is 1. The SMILES string of the molecule is C[C@H](OC(=O)C12C[C@@H]3C[C@@H](CC(Cl)(C3)C1)C2)C(=O)Nc1ccc2c(c1)OCCO2. The van der Waals surface area contributed by atoms with Gasteiger partial charge in [0.15, 0.2) is 17.6 Å². The molecule has 0 saturated heterocycles. The molecule has 4 bridgehead atoms. The Bertz CT molecular complexity index is 842. The van der Waals surface area contributed by atoms with Gasteiger partial charge < -0.3 is 19.5 Å². The van der Waals surface area contributed by atoms with Gasteiger partial charge in [0.1, 0.15) is 13.2 Å². The van der Waals surface area contributed by atoms with E-state index in [1.54, 1.807) is 25.1 Å². The molecule has 6 nitrogen and oxygen atoms in total. The number of hydrogen-bond donors (Lipinski definition) is 1. The minimum Gasteiger partial charge on any atom is -0.486 e. The van der Waals surface area contributed by atoms with Gasteiger partial charge in [-0.2, -0.15) is 0 Å². The van der Waals surface area contributed by atoms with Crippen LogP contribution < -0.4 is 14.8 Å². The lowest BCUT2D eigenvalue weighted by atomic mass is 9.49. The number of carbonyl (C=O) groups excluding carboxylic acids is 2. The second kappa shape index (κ2) is 6.79. The van der Waals surface area contributed by atoms with Gasteiger partial charge in [-0.3, -0.25) is 9.59 Å². The lowest BCUT2D eigenvalue weighted by Gasteiger charge is -2.58. The molecule has 4 aliphatic carbocycles. The quantitative estimate of drug-likeness (QED) is 0.591. The van der Waals surface area contributed by atoms with Crippen LogP contribution in [0.2, 0.25) is 0 Å². The molecule has 7 heteroatoms. The summed E-state index contributed by atoms with van der Waals surface area (Å²) >= 11 is 6.82. The van der Waals surface area contributed by atoms with Crippen LogP contribution in [0.4, 0.5) is 5.69 Å². The monoisotopic (exact) mass is 419 g/mol. The predicted molar refractivity (Wildman–Crippen MR) is 107 cm³/mol. The standard InChI is InChI=1S/C22H26ClNO5/c1-13(19(25)24-16-2-3-17-18(7-16)28-5-4-27-17)29-20(26)21-8-14-6-15(9-21)11-22(23,10-14)12-21/h2-3,7,13-15H,4-6,8-12H2,1H3,(H,24,25)/t13-,14-,15+,21?,22?/m0/s1. The Kier molecular flexibility index (Phi) is 4.46. The zero-order chi connectivity index (χ0) is 20.2. The first-order valence-corrected chi connectivity index (χ1v) is 10.8. The highest BCUT2D eigenvalue weighted by atomic mass is 35.5. The summed E-state index contributed by atoms with van der Waals surface area (Å²) < 4.78 is 16.7. The van der Waals surface area contributed by atoms with Crippen molar-refractivity contribution in [2.45, 2.75) is 56.4 Å². The van der Waals surface area contributed by atoms with Crippen molar-refractivity contribution in [3.8, 4) is 11.5 Å². The summed E-state index contributed by atoms with van der Waals surface area (Å²) in [6.07, 6.45) is 4.64. The van der Waals surface area contributed by atoms with Crippen molar-refractivity contribution in [2.24, 2.45) is 17.3 Å². The van der Waals surface area contributed by atoms with E-state index in [4.69, 9.17) is 25.8 Å². The van der Waals surface area contributed by atoms with E-state index in [0.29, 0.717) is 48.7 Å². The number of esters is 1. The normalized spacial score (nSPS) is 35.1. The van der Waals surface area contributed by atoms with Gasteiger partial charge in [-0.25, -0.2) is 0 Å². The first-order valence-electron chi connectivity index (χ1n) is 10.4. The zero-order valence-electron chi connectivity index (χ0n) is 16.5. The third-order valence-electron chi connectivity index (χ3n) is 6.89. The number of hydrogen-bond acceptors (Lipinski definition) is 5. The van der Waals surface area contributed by atoms with Crippen molar-refractivity contribution in [1.82, 2.24) is 0 Å². The van der Waals surface area contributed by atoms with Crippen molar-refractivity contribution in [1.29, 1.82) is 0 Å². The number of carbonyl (C=O) groups is 2. The fourth-order valence-electron chi connectivity index (χ4n) is 6.09. The van der Waals surface area contributed by atoms with E-state index < -0.39 is 11.5 Å². The number of anilines is 1. The molecule has 6 rings (SSSR count). The minimum atomic E-state index is -0.880. The molecule has 4 saturated carbocycles. The van der Waals surface area contributed by atoms with Crippen molar-refractivity contribution >= 4 is 29.2 Å². The minimum absolute atomic E-state index is 0.263. The van der Waals surface area contributed by atoms with Crippen LogP contribution in [0.5, 0.6) is 11.5 Å². The molecule has 4 fully saturated rings. The summed E-state index contributed by atoms with van der Waals surface area (Å²) in [5, 5.41) is 2.80. The highest BCUT2D eigenvalue weighted by Gasteiger charge is 2.61. The molecule has 0 spiro atoms. The predicted octanol–water partition coefficient (Wildman–Crippen LogP) is 3.91. The van der Waals surface area contributed by atoms with Gasteiger partial charge in [0.05, 0.1) is 5.41 Å². The van der Waals surface area contributed by atoms with Crippen LogP contribution in [0.3, 0.4) is 0 Å². The van der Waals surface area contributed by atoms with Crippen molar-refractivity contribution < 1.29 is 23.8 Å². The summed E-state index contributed by atoms with van der Waals surface area (Å²) in [5.41, 5.74) is 0.0637. The molecule has 1 aromatic rings. The molecule has 29 heavy (non-hydrogen) atoms. The van der Waals surface area contributed by atoms with E-state index in [2.05, 4.69) is 5.32 Å². The Hall–Kier alpha value is -1.95. The van der Waals surface area contributed by atoms with E-state index in [1.165, 1.54) is 6.42 Å². The molecule has 1 N–H and O–H groups in total. The molecule has 1 aromatic carbocycles. The molecule has 0 radical (unpaired) electrons. The Morgan fingerprint density at radius 3 is 2.52 bits per heavy atom. The molecular formula is C22H26ClNO5. The number of halogens is 1. The maximum Gasteiger partial charge on any atom is 0.312 e. The van der Waals surface area contributed by atoms with Gasteiger partial charge in [-0.05, 0) is 69.4 Å². The van der Waals surface area contributed by atoms with Gasteiger partial charge in [0.2, 0.25) is 0 Å². The molecule has 1 amide bonds. The number of amides is 1. The van der Waals surface area contributed by atoms with E-state index in [-0.39, 0.29) is 16.8 Å². The largest absolute Gasteiger partial charge is 0.486 e. The number of rotatable bonds is 4. The third kappa shape index (κ3) is 3.45. The van der Waals surface area contributed by atoms with Gasteiger partial charge in [-0.15, -0.1) is 11.6 Å². The Labute approximate surface area is 175 Å². The van der Waals surface area contributed by atoms with Crippen LogP contribution in [0.1, 0.15) is 45.4 Å². The maximum absolute atomic E-state index is 13.1. The van der Waals surface area contributed by atoms with E-state index in [0.717, 1.165) is 25.7 Å². The van der Waals surface area contributed by atoms with Crippen molar-refractivity contribution in [3.05, 3.63) is 18.2 Å². The Balaban J connectivity index is 1.24. The van der Waals surface area contributed by atoms with Crippen LogP contribution in [-0.2, 0) is 14.3 Å². The van der Waals surface area contributed by atoms with Crippen LogP contribution in [-0.4, -0.2) is 36.1 Å². The van der Waals surface area contributed by atoms with Crippen LogP contribution in [0.15, 0.2) is 18.2 Å². The number of ether oxygens (including phenoxy) is 3. The lowest BCUT2D eigenvalue weighted by molar-refractivity contribution is -0.176. The van der Waals surface area contributed by atoms with Gasteiger partial charge in [0, 0.05) is 16.6 Å². The summed E-state index contributed by atoms with van der Waals surface area (Å²) in [6, 6.07) is 5.23. The highest BCUT2D eigenvalue weighted by molar-refractivity contribution is 6.24. The molecule has 156 valence electrons. The van der Waals surface area contributed by atoms with Crippen LogP contribution >= 0.6 is 11.6 Å². The topological polar surface area (TPSA) is 73.9 Å². The summed E-state index contributed by atoms with van der Waals surface area (Å²) in [7, 11) is 0. The van der Waals surface area contributed by atoms with E-state index >= 15 is 0 Å². The fraction of sp³-hybridized carbons (Fsp3) is 0.636. The van der Waals surface area contributed by atoms with Gasteiger partial charge in [0.25, 0.3) is 5.91 Å². The average Bonchev–Trinajstić information content (AvgIpc) is 2.66. The van der Waals surface area contributed by atoms with Crippen molar-refractivity contribution in [2.75, 3.05) is 18.5 Å². The third-order valence-corrected chi connectivity index (χ3v) is 7.33. The number of alkyl halides is 1. The molecule has 5 atom stereocenters. The molecular weight excluding hydrogens is 394 g/mol. The van der Waals surface area contributed by atoms with Gasteiger partial charge >= 0.3 is 5.97 Å². The second-order valence-electron chi connectivity index (χ2n) is 9.29.